The third-order valence-corrected chi connectivity index (χ3v) is 2.07. The van der Waals surface area contributed by atoms with E-state index in [1.807, 2.05) is 0 Å². The van der Waals surface area contributed by atoms with E-state index in [1.165, 1.54) is 0 Å². The van der Waals surface area contributed by atoms with Crippen molar-refractivity contribution in [3.05, 3.63) is 0 Å². The lowest BCUT2D eigenvalue weighted by molar-refractivity contribution is -0.137. The molecule has 0 aliphatic carbocycles. The minimum atomic E-state index is -0.696. The first-order valence-corrected chi connectivity index (χ1v) is 4.45. The summed E-state index contributed by atoms with van der Waals surface area (Å²) in [4.78, 5) is 10.2. The molecule has 1 fully saturated rings. The molecule has 0 aromatic rings. The third-order valence-electron chi connectivity index (χ3n) is 2.07. The second-order valence-electron chi connectivity index (χ2n) is 3.14. The van der Waals surface area contributed by atoms with E-state index in [0.717, 1.165) is 32.5 Å². The molecule has 3 N–H and O–H groups in total. The number of piperazine rings is 1. The number of hydrogen-bond acceptors (Lipinski definition) is 3. The molecule has 0 aromatic carbocycles. The summed E-state index contributed by atoms with van der Waals surface area (Å²) in [5, 5.41) is 15.0. The average Bonchev–Trinajstić information content (AvgIpc) is 2.05. The number of nitrogens with one attached hydrogen (secondary N) is 2. The Kier molecular flexibility index (Phi) is 4.04. The quantitative estimate of drug-likeness (QED) is 0.549. The van der Waals surface area contributed by atoms with Gasteiger partial charge in [-0.3, -0.25) is 4.79 Å². The first kappa shape index (κ1) is 9.48. The number of carbonyl (C=O) groups is 1. The third kappa shape index (κ3) is 3.69. The van der Waals surface area contributed by atoms with Crippen molar-refractivity contribution in [2.24, 2.45) is 0 Å². The van der Waals surface area contributed by atoms with Gasteiger partial charge in [-0.05, 0) is 12.8 Å². The van der Waals surface area contributed by atoms with Crippen molar-refractivity contribution in [2.45, 2.75) is 25.3 Å². The normalized spacial score (nSPS) is 23.8. The largest absolute Gasteiger partial charge is 0.481 e. The van der Waals surface area contributed by atoms with Crippen LogP contribution in [0.5, 0.6) is 0 Å². The first-order valence-electron chi connectivity index (χ1n) is 4.45. The molecule has 1 saturated heterocycles. The highest BCUT2D eigenvalue weighted by Gasteiger charge is 2.11. The van der Waals surface area contributed by atoms with E-state index >= 15 is 0 Å². The van der Waals surface area contributed by atoms with Gasteiger partial charge < -0.3 is 15.7 Å². The lowest BCUT2D eigenvalue weighted by Crippen LogP contribution is -2.48. The average molecular weight is 172 g/mol. The van der Waals surface area contributed by atoms with Crippen LogP contribution < -0.4 is 10.6 Å². The van der Waals surface area contributed by atoms with E-state index < -0.39 is 5.97 Å². The second kappa shape index (κ2) is 5.11. The summed E-state index contributed by atoms with van der Waals surface area (Å²) in [6.07, 6.45) is 2.02. The van der Waals surface area contributed by atoms with E-state index in [4.69, 9.17) is 5.11 Å². The van der Waals surface area contributed by atoms with Crippen molar-refractivity contribution >= 4 is 5.97 Å². The fourth-order valence-corrected chi connectivity index (χ4v) is 1.42. The zero-order valence-electron chi connectivity index (χ0n) is 7.18. The van der Waals surface area contributed by atoms with Gasteiger partial charge in [0, 0.05) is 32.1 Å². The molecule has 1 unspecified atom stereocenters. The molecule has 0 radical (unpaired) electrons. The molecule has 4 heteroatoms. The Hall–Kier alpha value is -0.610. The number of carboxylic acid groups (broad SMARTS) is 1. The highest BCUT2D eigenvalue weighted by atomic mass is 16.4. The van der Waals surface area contributed by atoms with Crippen LogP contribution in [0.15, 0.2) is 0 Å². The van der Waals surface area contributed by atoms with Crippen LogP contribution >= 0.6 is 0 Å². The fraction of sp³-hybridized carbons (Fsp3) is 0.875. The number of aliphatic carboxylic acids is 1. The molecule has 0 spiro atoms. The molecule has 4 nitrogen and oxygen atoms in total. The first-order chi connectivity index (χ1) is 5.79. The van der Waals surface area contributed by atoms with Crippen LogP contribution in [-0.4, -0.2) is 36.8 Å². The molecular weight excluding hydrogens is 156 g/mol. The molecule has 0 bridgehead atoms. The Bertz CT molecular complexity index is 144. The van der Waals surface area contributed by atoms with Gasteiger partial charge in [0.15, 0.2) is 0 Å². The van der Waals surface area contributed by atoms with Crippen molar-refractivity contribution < 1.29 is 9.90 Å². The van der Waals surface area contributed by atoms with E-state index in [2.05, 4.69) is 10.6 Å². The Labute approximate surface area is 72.3 Å². The van der Waals surface area contributed by atoms with Crippen molar-refractivity contribution in [3.63, 3.8) is 0 Å². The molecule has 1 aliphatic heterocycles. The van der Waals surface area contributed by atoms with Crippen LogP contribution in [0, 0.1) is 0 Å². The monoisotopic (exact) mass is 172 g/mol. The molecule has 12 heavy (non-hydrogen) atoms. The number of carboxylic acids is 1. The topological polar surface area (TPSA) is 61.4 Å². The standard InChI is InChI=1S/C8H16N2O2/c11-8(12)3-1-2-7-6-9-4-5-10-7/h7,9-10H,1-6H2,(H,11,12). The van der Waals surface area contributed by atoms with Gasteiger partial charge in [-0.15, -0.1) is 0 Å². The zero-order valence-corrected chi connectivity index (χ0v) is 7.18. The molecule has 1 atom stereocenters. The summed E-state index contributed by atoms with van der Waals surface area (Å²) in [5.41, 5.74) is 0. The van der Waals surface area contributed by atoms with Gasteiger partial charge in [0.05, 0.1) is 0 Å². The highest BCUT2D eigenvalue weighted by molar-refractivity contribution is 5.66. The van der Waals surface area contributed by atoms with Gasteiger partial charge >= 0.3 is 5.97 Å². The van der Waals surface area contributed by atoms with Gasteiger partial charge in [0.2, 0.25) is 0 Å². The maximum absolute atomic E-state index is 10.2. The zero-order chi connectivity index (χ0) is 8.81. The fourth-order valence-electron chi connectivity index (χ4n) is 1.42. The Balaban J connectivity index is 2.01. The summed E-state index contributed by atoms with van der Waals surface area (Å²) >= 11 is 0. The molecule has 0 saturated carbocycles. The van der Waals surface area contributed by atoms with Crippen LogP contribution in [-0.2, 0) is 4.79 Å². The van der Waals surface area contributed by atoms with E-state index in [-0.39, 0.29) is 6.42 Å². The Morgan fingerprint density at radius 3 is 2.92 bits per heavy atom. The number of rotatable bonds is 4. The van der Waals surface area contributed by atoms with E-state index in [1.54, 1.807) is 0 Å². The van der Waals surface area contributed by atoms with Gasteiger partial charge in [0.1, 0.15) is 0 Å². The van der Waals surface area contributed by atoms with Gasteiger partial charge in [-0.2, -0.15) is 0 Å². The highest BCUT2D eigenvalue weighted by Crippen LogP contribution is 2.01. The molecule has 1 aliphatic rings. The van der Waals surface area contributed by atoms with E-state index in [0.29, 0.717) is 6.04 Å². The summed E-state index contributed by atoms with van der Waals surface area (Å²) < 4.78 is 0. The van der Waals surface area contributed by atoms with Crippen LogP contribution in [0.1, 0.15) is 19.3 Å². The summed E-state index contributed by atoms with van der Waals surface area (Å²) in [7, 11) is 0. The summed E-state index contributed by atoms with van der Waals surface area (Å²) in [6.45, 7) is 2.99. The second-order valence-corrected chi connectivity index (χ2v) is 3.14. The predicted octanol–water partition coefficient (Wildman–Crippen LogP) is -0.197. The van der Waals surface area contributed by atoms with Crippen LogP contribution in [0.25, 0.3) is 0 Å². The van der Waals surface area contributed by atoms with Crippen LogP contribution in [0.3, 0.4) is 0 Å². The molecule has 0 aromatic heterocycles. The van der Waals surface area contributed by atoms with Crippen molar-refractivity contribution in [2.75, 3.05) is 19.6 Å². The van der Waals surface area contributed by atoms with Crippen LogP contribution in [0.4, 0.5) is 0 Å². The predicted molar refractivity (Wildman–Crippen MR) is 46.1 cm³/mol. The minimum absolute atomic E-state index is 0.290. The van der Waals surface area contributed by atoms with E-state index in [9.17, 15) is 4.79 Å². The van der Waals surface area contributed by atoms with Gasteiger partial charge in [-0.1, -0.05) is 0 Å². The van der Waals surface area contributed by atoms with Gasteiger partial charge in [0.25, 0.3) is 0 Å². The Morgan fingerprint density at radius 1 is 1.50 bits per heavy atom. The summed E-state index contributed by atoms with van der Waals surface area (Å²) in [5.74, 6) is -0.696. The SMILES string of the molecule is O=C(O)CCCC1CNCCN1. The smallest absolute Gasteiger partial charge is 0.303 e. The van der Waals surface area contributed by atoms with Crippen LogP contribution in [0.2, 0.25) is 0 Å². The van der Waals surface area contributed by atoms with Crippen molar-refractivity contribution in [1.82, 2.24) is 10.6 Å². The maximum Gasteiger partial charge on any atom is 0.303 e. The summed E-state index contributed by atoms with van der Waals surface area (Å²) in [6, 6.07) is 0.470. The maximum atomic E-state index is 10.2. The lowest BCUT2D eigenvalue weighted by Gasteiger charge is -2.24. The Morgan fingerprint density at radius 2 is 2.33 bits per heavy atom. The minimum Gasteiger partial charge on any atom is -0.481 e. The van der Waals surface area contributed by atoms with Gasteiger partial charge in [-0.25, -0.2) is 0 Å². The molecule has 70 valence electrons. The molecule has 1 rings (SSSR count). The molecule has 1 heterocycles. The van der Waals surface area contributed by atoms with Crippen molar-refractivity contribution in [3.8, 4) is 0 Å². The van der Waals surface area contributed by atoms with Crippen molar-refractivity contribution in [1.29, 1.82) is 0 Å². The number of hydrogen-bond donors (Lipinski definition) is 3. The molecule has 0 amide bonds. The molecular formula is C8H16N2O2. The lowest BCUT2D eigenvalue weighted by atomic mass is 10.1.